The first-order valence-corrected chi connectivity index (χ1v) is 6.62. The number of thioether (sulfide) groups is 1. The fraction of sp³-hybridized carbons (Fsp3) is 0.333. The lowest BCUT2D eigenvalue weighted by Gasteiger charge is -2.24. The van der Waals surface area contributed by atoms with Gasteiger partial charge in [0, 0.05) is 5.39 Å². The van der Waals surface area contributed by atoms with Gasteiger partial charge in [0.1, 0.15) is 9.86 Å². The predicted octanol–water partition coefficient (Wildman–Crippen LogP) is 2.84. The van der Waals surface area contributed by atoms with Crippen LogP contribution in [0.15, 0.2) is 16.5 Å². The predicted molar refractivity (Wildman–Crippen MR) is 62.9 cm³/mol. The highest BCUT2D eigenvalue weighted by atomic mass is 35.5. The lowest BCUT2D eigenvalue weighted by atomic mass is 10.4. The third-order valence-electron chi connectivity index (χ3n) is 2.15. The molecule has 1 fully saturated rings. The number of thiophene rings is 1. The Morgan fingerprint density at radius 3 is 3.07 bits per heavy atom. The Hall–Kier alpha value is -0.360. The van der Waals surface area contributed by atoms with Gasteiger partial charge in [-0.05, 0) is 23.0 Å². The summed E-state index contributed by atoms with van der Waals surface area (Å²) in [5, 5.41) is 4.92. The van der Waals surface area contributed by atoms with Crippen LogP contribution in [0.2, 0.25) is 5.28 Å². The van der Waals surface area contributed by atoms with Gasteiger partial charge in [0.15, 0.2) is 0 Å². The summed E-state index contributed by atoms with van der Waals surface area (Å²) in [4.78, 5) is 9.40. The zero-order valence-corrected chi connectivity index (χ0v) is 10.0. The normalized spacial score (nSPS) is 16.9. The molecule has 0 aromatic carbocycles. The molecule has 0 N–H and O–H groups in total. The van der Waals surface area contributed by atoms with Gasteiger partial charge in [-0.1, -0.05) is 11.8 Å². The standard InChI is InChI=1S/C9H7ClN2OS2/c10-9-11-7-6(1-2-14-7)8(12-9)15-5-3-13-4-5/h1-2,5H,3-4H2. The van der Waals surface area contributed by atoms with Gasteiger partial charge in [-0.2, -0.15) is 0 Å². The van der Waals surface area contributed by atoms with Crippen LogP contribution in [0.4, 0.5) is 0 Å². The SMILES string of the molecule is Clc1nc(SC2COC2)c2ccsc2n1. The van der Waals surface area contributed by atoms with Gasteiger partial charge >= 0.3 is 0 Å². The van der Waals surface area contributed by atoms with Gasteiger partial charge in [0.2, 0.25) is 5.28 Å². The molecule has 3 rings (SSSR count). The number of nitrogens with zero attached hydrogens (tertiary/aromatic N) is 2. The minimum atomic E-state index is 0.327. The summed E-state index contributed by atoms with van der Waals surface area (Å²) in [6.07, 6.45) is 0. The molecule has 0 radical (unpaired) electrons. The second kappa shape index (κ2) is 3.90. The van der Waals surface area contributed by atoms with Gasteiger partial charge in [-0.3, -0.25) is 0 Å². The minimum absolute atomic E-state index is 0.327. The lowest BCUT2D eigenvalue weighted by Crippen LogP contribution is -2.30. The molecule has 15 heavy (non-hydrogen) atoms. The molecule has 0 spiro atoms. The van der Waals surface area contributed by atoms with Gasteiger partial charge < -0.3 is 4.74 Å². The molecule has 1 aliphatic heterocycles. The van der Waals surface area contributed by atoms with Crippen LogP contribution < -0.4 is 0 Å². The Bertz CT molecular complexity index is 498. The highest BCUT2D eigenvalue weighted by Crippen LogP contribution is 2.34. The Labute approximate surface area is 99.8 Å². The average Bonchev–Trinajstić information content (AvgIpc) is 2.58. The third-order valence-corrected chi connectivity index (χ3v) is 4.26. The molecule has 2 aromatic heterocycles. The molecular weight excluding hydrogens is 252 g/mol. The number of ether oxygens (including phenoxy) is 1. The van der Waals surface area contributed by atoms with E-state index in [2.05, 4.69) is 9.97 Å². The number of hydrogen-bond acceptors (Lipinski definition) is 5. The van der Waals surface area contributed by atoms with Gasteiger partial charge in [0.05, 0.1) is 18.5 Å². The zero-order valence-electron chi connectivity index (χ0n) is 7.64. The van der Waals surface area contributed by atoms with Crippen LogP contribution in [0.1, 0.15) is 0 Å². The highest BCUT2D eigenvalue weighted by molar-refractivity contribution is 8.00. The Balaban J connectivity index is 2.02. The fourth-order valence-corrected chi connectivity index (χ4v) is 3.51. The van der Waals surface area contributed by atoms with Gasteiger partial charge in [0.25, 0.3) is 0 Å². The quantitative estimate of drug-likeness (QED) is 0.613. The topological polar surface area (TPSA) is 35.0 Å². The molecule has 0 atom stereocenters. The minimum Gasteiger partial charge on any atom is -0.379 e. The highest BCUT2D eigenvalue weighted by Gasteiger charge is 2.22. The monoisotopic (exact) mass is 258 g/mol. The van der Waals surface area contributed by atoms with Crippen LogP contribution in [0, 0.1) is 0 Å². The zero-order chi connectivity index (χ0) is 10.3. The molecule has 0 saturated carbocycles. The van der Waals surface area contributed by atoms with Crippen molar-refractivity contribution >= 4 is 44.9 Å². The van der Waals surface area contributed by atoms with Crippen LogP contribution >= 0.6 is 34.7 Å². The summed E-state index contributed by atoms with van der Waals surface area (Å²) in [5.74, 6) is 0. The molecule has 3 heterocycles. The molecule has 6 heteroatoms. The largest absolute Gasteiger partial charge is 0.379 e. The molecule has 2 aromatic rings. The van der Waals surface area contributed by atoms with Crippen molar-refractivity contribution in [3.63, 3.8) is 0 Å². The molecule has 3 nitrogen and oxygen atoms in total. The molecular formula is C9H7ClN2OS2. The van der Waals surface area contributed by atoms with Crippen molar-refractivity contribution in [2.24, 2.45) is 0 Å². The first kappa shape index (κ1) is 9.84. The van der Waals surface area contributed by atoms with E-state index < -0.39 is 0 Å². The maximum atomic E-state index is 5.87. The van der Waals surface area contributed by atoms with Crippen molar-refractivity contribution in [3.8, 4) is 0 Å². The Morgan fingerprint density at radius 2 is 2.33 bits per heavy atom. The van der Waals surface area contributed by atoms with Crippen LogP contribution in [-0.4, -0.2) is 28.4 Å². The first-order valence-electron chi connectivity index (χ1n) is 4.48. The third kappa shape index (κ3) is 1.85. The lowest BCUT2D eigenvalue weighted by molar-refractivity contribution is 0.0455. The summed E-state index contributed by atoms with van der Waals surface area (Å²) in [6, 6.07) is 2.04. The smallest absolute Gasteiger partial charge is 0.224 e. The van der Waals surface area contributed by atoms with Crippen molar-refractivity contribution in [2.45, 2.75) is 10.3 Å². The van der Waals surface area contributed by atoms with Crippen LogP contribution in [-0.2, 0) is 4.74 Å². The summed E-state index contributed by atoms with van der Waals surface area (Å²) in [6.45, 7) is 1.61. The van der Waals surface area contributed by atoms with E-state index in [0.717, 1.165) is 28.5 Å². The Morgan fingerprint density at radius 1 is 1.47 bits per heavy atom. The summed E-state index contributed by atoms with van der Waals surface area (Å²) in [5.41, 5.74) is 0. The Kier molecular flexibility index (Phi) is 2.56. The second-order valence-electron chi connectivity index (χ2n) is 3.21. The van der Waals surface area contributed by atoms with E-state index in [4.69, 9.17) is 16.3 Å². The van der Waals surface area contributed by atoms with Crippen LogP contribution in [0.5, 0.6) is 0 Å². The van der Waals surface area contributed by atoms with Crippen LogP contribution in [0.3, 0.4) is 0 Å². The molecule has 0 amide bonds. The molecule has 78 valence electrons. The van der Waals surface area contributed by atoms with E-state index in [-0.39, 0.29) is 0 Å². The number of rotatable bonds is 2. The van der Waals surface area contributed by atoms with Gasteiger partial charge in [-0.25, -0.2) is 9.97 Å². The van der Waals surface area contributed by atoms with Crippen molar-refractivity contribution < 1.29 is 4.74 Å². The van der Waals surface area contributed by atoms with Crippen molar-refractivity contribution in [2.75, 3.05) is 13.2 Å². The number of fused-ring (bicyclic) bond motifs is 1. The average molecular weight is 259 g/mol. The molecule has 1 aliphatic rings. The van der Waals surface area contributed by atoms with E-state index in [1.165, 1.54) is 0 Å². The van der Waals surface area contributed by atoms with E-state index >= 15 is 0 Å². The van der Waals surface area contributed by atoms with E-state index in [0.29, 0.717) is 10.5 Å². The second-order valence-corrected chi connectivity index (χ2v) is 5.74. The first-order chi connectivity index (χ1) is 7.33. The molecule has 0 bridgehead atoms. The van der Waals surface area contributed by atoms with Crippen molar-refractivity contribution in [3.05, 3.63) is 16.7 Å². The molecule has 0 aliphatic carbocycles. The summed E-state index contributed by atoms with van der Waals surface area (Å²) >= 11 is 9.18. The summed E-state index contributed by atoms with van der Waals surface area (Å²) in [7, 11) is 0. The van der Waals surface area contributed by atoms with E-state index in [1.807, 2.05) is 11.4 Å². The number of hydrogen-bond donors (Lipinski definition) is 0. The summed E-state index contributed by atoms with van der Waals surface area (Å²) < 4.78 is 5.14. The fourth-order valence-electron chi connectivity index (χ4n) is 1.33. The van der Waals surface area contributed by atoms with Crippen molar-refractivity contribution in [1.82, 2.24) is 9.97 Å². The number of aromatic nitrogens is 2. The maximum Gasteiger partial charge on any atom is 0.224 e. The molecule has 0 unspecified atom stereocenters. The maximum absolute atomic E-state index is 5.87. The molecule has 1 saturated heterocycles. The van der Waals surface area contributed by atoms with Crippen LogP contribution in [0.25, 0.3) is 10.2 Å². The van der Waals surface area contributed by atoms with E-state index in [1.54, 1.807) is 23.1 Å². The van der Waals surface area contributed by atoms with Crippen molar-refractivity contribution in [1.29, 1.82) is 0 Å². The van der Waals surface area contributed by atoms with Gasteiger partial charge in [-0.15, -0.1) is 11.3 Å². The van der Waals surface area contributed by atoms with E-state index in [9.17, 15) is 0 Å². The number of halogens is 1.